The Bertz CT molecular complexity index is 1850. The van der Waals surface area contributed by atoms with Crippen LogP contribution in [0.3, 0.4) is 0 Å². The van der Waals surface area contributed by atoms with Crippen LogP contribution in [0.15, 0.2) is 138 Å². The fourth-order valence-electron chi connectivity index (χ4n) is 4.90. The van der Waals surface area contributed by atoms with E-state index in [9.17, 15) is 8.42 Å². The van der Waals surface area contributed by atoms with Gasteiger partial charge in [-0.05, 0) is 28.5 Å². The van der Waals surface area contributed by atoms with Crippen LogP contribution in [0, 0.1) is 0 Å². The van der Waals surface area contributed by atoms with Crippen molar-refractivity contribution >= 4 is 26.6 Å². The molecular formula is C33H27N3O2S. The predicted octanol–water partition coefficient (Wildman–Crippen LogP) is 7.30. The van der Waals surface area contributed by atoms with Gasteiger partial charge in [0.15, 0.2) is 5.82 Å². The first-order valence-corrected chi connectivity index (χ1v) is 14.2. The van der Waals surface area contributed by atoms with Crippen molar-refractivity contribution in [3.05, 3.63) is 139 Å². The molecule has 0 amide bonds. The molecule has 0 unspecified atom stereocenters. The van der Waals surface area contributed by atoms with Crippen molar-refractivity contribution in [2.75, 3.05) is 4.31 Å². The van der Waals surface area contributed by atoms with E-state index in [4.69, 9.17) is 4.98 Å². The van der Waals surface area contributed by atoms with Crippen molar-refractivity contribution in [1.82, 2.24) is 9.55 Å². The first kappa shape index (κ1) is 24.6. The van der Waals surface area contributed by atoms with Crippen LogP contribution < -0.4 is 4.31 Å². The van der Waals surface area contributed by atoms with E-state index in [-0.39, 0.29) is 11.4 Å². The maximum Gasteiger partial charge on any atom is 0.265 e. The first-order valence-electron chi connectivity index (χ1n) is 12.8. The number of hydrogen-bond donors (Lipinski definition) is 0. The molecule has 6 aromatic rings. The van der Waals surface area contributed by atoms with E-state index in [1.807, 2.05) is 133 Å². The molecule has 0 radical (unpaired) electrons. The van der Waals surface area contributed by atoms with Gasteiger partial charge in [-0.3, -0.25) is 0 Å². The van der Waals surface area contributed by atoms with Crippen molar-refractivity contribution in [1.29, 1.82) is 0 Å². The fraction of sp³-hybridized carbons (Fsp3) is 0.0606. The van der Waals surface area contributed by atoms with Crippen LogP contribution in [0.25, 0.3) is 33.4 Å². The standard InChI is InChI=1S/C33H27N3O2S/c1-35-31(27-16-7-3-8-17-27)33(34-32(35)28-18-9-4-10-19-28)36(24-25-13-5-2-6-14-25)39(37,38)30-22-21-26-15-11-12-20-29(26)23-30/h2-23H,24H2,1H3. The summed E-state index contributed by atoms with van der Waals surface area (Å²) in [6.07, 6.45) is 0. The molecule has 0 fully saturated rings. The van der Waals surface area contributed by atoms with Gasteiger partial charge in [-0.15, -0.1) is 0 Å². The second-order valence-corrected chi connectivity index (χ2v) is 11.3. The summed E-state index contributed by atoms with van der Waals surface area (Å²) >= 11 is 0. The third-order valence-corrected chi connectivity index (χ3v) is 8.60. The largest absolute Gasteiger partial charge is 0.325 e. The molecule has 5 aromatic carbocycles. The molecule has 0 saturated heterocycles. The van der Waals surface area contributed by atoms with E-state index in [0.717, 1.165) is 33.2 Å². The smallest absolute Gasteiger partial charge is 0.265 e. The summed E-state index contributed by atoms with van der Waals surface area (Å²) in [6, 6.07) is 42.4. The maximum absolute atomic E-state index is 14.5. The number of anilines is 1. The molecule has 1 aromatic heterocycles. The molecule has 6 rings (SSSR count). The summed E-state index contributed by atoms with van der Waals surface area (Å²) in [5.41, 5.74) is 3.39. The fourth-order valence-corrected chi connectivity index (χ4v) is 6.34. The lowest BCUT2D eigenvalue weighted by Gasteiger charge is -2.24. The Labute approximate surface area is 228 Å². The van der Waals surface area contributed by atoms with E-state index in [0.29, 0.717) is 11.6 Å². The summed E-state index contributed by atoms with van der Waals surface area (Å²) in [5, 5.41) is 1.85. The van der Waals surface area contributed by atoms with Crippen LogP contribution in [0.1, 0.15) is 5.56 Å². The van der Waals surface area contributed by atoms with Gasteiger partial charge in [0.1, 0.15) is 5.82 Å². The summed E-state index contributed by atoms with van der Waals surface area (Å²) in [4.78, 5) is 5.24. The molecule has 0 atom stereocenters. The second kappa shape index (κ2) is 10.2. The Kier molecular flexibility index (Phi) is 6.47. The highest BCUT2D eigenvalue weighted by atomic mass is 32.2. The van der Waals surface area contributed by atoms with E-state index in [1.54, 1.807) is 12.1 Å². The van der Waals surface area contributed by atoms with Gasteiger partial charge in [0, 0.05) is 18.2 Å². The third-order valence-electron chi connectivity index (χ3n) is 6.87. The highest BCUT2D eigenvalue weighted by Crippen LogP contribution is 2.38. The number of benzene rings is 5. The maximum atomic E-state index is 14.5. The Morgan fingerprint density at radius 2 is 1.23 bits per heavy atom. The number of hydrogen-bond acceptors (Lipinski definition) is 3. The molecule has 0 aliphatic heterocycles. The lowest BCUT2D eigenvalue weighted by Crippen LogP contribution is -2.31. The number of imidazole rings is 1. The summed E-state index contributed by atoms with van der Waals surface area (Å²) in [6.45, 7) is 0.140. The Morgan fingerprint density at radius 1 is 0.667 bits per heavy atom. The van der Waals surface area contributed by atoms with Crippen LogP contribution in [-0.2, 0) is 23.6 Å². The zero-order valence-corrected chi connectivity index (χ0v) is 22.3. The molecule has 0 aliphatic rings. The number of nitrogens with zero attached hydrogens (tertiary/aromatic N) is 3. The number of rotatable bonds is 7. The predicted molar refractivity (Wildman–Crippen MR) is 158 cm³/mol. The number of aromatic nitrogens is 2. The average molecular weight is 530 g/mol. The lowest BCUT2D eigenvalue weighted by molar-refractivity contribution is 0.590. The Morgan fingerprint density at radius 3 is 1.90 bits per heavy atom. The van der Waals surface area contributed by atoms with Crippen LogP contribution in [0.4, 0.5) is 5.82 Å². The van der Waals surface area contributed by atoms with Gasteiger partial charge < -0.3 is 4.57 Å². The van der Waals surface area contributed by atoms with Crippen LogP contribution in [0.5, 0.6) is 0 Å². The Hall–Kier alpha value is -4.68. The highest BCUT2D eigenvalue weighted by molar-refractivity contribution is 7.92. The highest BCUT2D eigenvalue weighted by Gasteiger charge is 2.32. The minimum absolute atomic E-state index is 0.140. The quantitative estimate of drug-likeness (QED) is 0.218. The van der Waals surface area contributed by atoms with Gasteiger partial charge in [0.2, 0.25) is 0 Å². The molecule has 0 aliphatic carbocycles. The van der Waals surface area contributed by atoms with E-state index >= 15 is 0 Å². The van der Waals surface area contributed by atoms with Gasteiger partial charge in [0.25, 0.3) is 10.0 Å². The molecule has 6 heteroatoms. The van der Waals surface area contributed by atoms with Gasteiger partial charge >= 0.3 is 0 Å². The third kappa shape index (κ3) is 4.71. The van der Waals surface area contributed by atoms with Gasteiger partial charge in [-0.2, -0.15) is 0 Å². The van der Waals surface area contributed by atoms with Gasteiger partial charge in [0.05, 0.1) is 17.1 Å². The monoisotopic (exact) mass is 529 g/mol. The lowest BCUT2D eigenvalue weighted by atomic mass is 10.1. The molecule has 192 valence electrons. The van der Waals surface area contributed by atoms with E-state index < -0.39 is 10.0 Å². The molecule has 0 spiro atoms. The first-order chi connectivity index (χ1) is 19.0. The van der Waals surface area contributed by atoms with Crippen molar-refractivity contribution in [2.45, 2.75) is 11.4 Å². The zero-order chi connectivity index (χ0) is 26.8. The van der Waals surface area contributed by atoms with Crippen molar-refractivity contribution < 1.29 is 8.42 Å². The normalized spacial score (nSPS) is 11.5. The molecular weight excluding hydrogens is 502 g/mol. The topological polar surface area (TPSA) is 55.2 Å². The van der Waals surface area contributed by atoms with Crippen molar-refractivity contribution in [3.8, 4) is 22.6 Å². The number of fused-ring (bicyclic) bond motifs is 1. The summed E-state index contributed by atoms with van der Waals surface area (Å²) < 4.78 is 32.4. The minimum Gasteiger partial charge on any atom is -0.325 e. The van der Waals surface area contributed by atoms with Gasteiger partial charge in [-0.25, -0.2) is 17.7 Å². The molecule has 0 bridgehead atoms. The summed E-state index contributed by atoms with van der Waals surface area (Å²) in [5.74, 6) is 1.08. The van der Waals surface area contributed by atoms with Crippen LogP contribution >= 0.6 is 0 Å². The van der Waals surface area contributed by atoms with E-state index in [2.05, 4.69) is 0 Å². The second-order valence-electron chi connectivity index (χ2n) is 9.40. The molecule has 0 N–H and O–H groups in total. The van der Waals surface area contributed by atoms with Crippen LogP contribution in [0.2, 0.25) is 0 Å². The average Bonchev–Trinajstić information content (AvgIpc) is 3.33. The minimum atomic E-state index is -4.00. The number of sulfonamides is 1. The van der Waals surface area contributed by atoms with Crippen molar-refractivity contribution in [3.63, 3.8) is 0 Å². The SMILES string of the molecule is Cn1c(-c2ccccc2)nc(N(Cc2ccccc2)S(=O)(=O)c2ccc3ccccc3c2)c1-c1ccccc1. The van der Waals surface area contributed by atoms with Crippen molar-refractivity contribution in [2.24, 2.45) is 7.05 Å². The Balaban J connectivity index is 1.60. The zero-order valence-electron chi connectivity index (χ0n) is 21.5. The molecule has 0 saturated carbocycles. The molecule has 1 heterocycles. The molecule has 5 nitrogen and oxygen atoms in total. The van der Waals surface area contributed by atoms with Crippen LogP contribution in [-0.4, -0.2) is 18.0 Å². The summed E-state index contributed by atoms with van der Waals surface area (Å²) in [7, 11) is -2.07. The van der Waals surface area contributed by atoms with E-state index in [1.165, 1.54) is 4.31 Å². The van der Waals surface area contributed by atoms with Gasteiger partial charge in [-0.1, -0.05) is 121 Å². The molecule has 39 heavy (non-hydrogen) atoms.